The van der Waals surface area contributed by atoms with Crippen LogP contribution in [0.4, 0.5) is 0 Å². The number of furan rings is 1. The molecule has 1 aromatic carbocycles. The standard InChI is InChI=1S/C20H22N4OS/c1-14-8-9-17-15(12-14)13-18(25-17)19-22-23(11-5-10-21)20(26)24(19)16-6-3-2-4-7-16/h8-9,12-13,16H,2-7,11H2,1H3. The molecule has 0 spiro atoms. The van der Waals surface area contributed by atoms with E-state index in [9.17, 15) is 0 Å². The predicted molar refractivity (Wildman–Crippen MR) is 103 cm³/mol. The number of fused-ring (bicyclic) bond motifs is 1. The third-order valence-corrected chi connectivity index (χ3v) is 5.55. The van der Waals surface area contributed by atoms with E-state index < -0.39 is 0 Å². The Hall–Kier alpha value is -2.39. The van der Waals surface area contributed by atoms with Gasteiger partial charge in [-0.25, -0.2) is 4.68 Å². The highest BCUT2D eigenvalue weighted by atomic mass is 32.1. The highest BCUT2D eigenvalue weighted by molar-refractivity contribution is 7.71. The van der Waals surface area contributed by atoms with Crippen LogP contribution in [0.1, 0.15) is 50.1 Å². The second-order valence-electron chi connectivity index (χ2n) is 7.05. The molecule has 0 radical (unpaired) electrons. The number of aromatic nitrogens is 3. The van der Waals surface area contributed by atoms with Crippen molar-refractivity contribution in [3.63, 3.8) is 0 Å². The lowest BCUT2D eigenvalue weighted by Gasteiger charge is -2.23. The van der Waals surface area contributed by atoms with Gasteiger partial charge in [0.25, 0.3) is 0 Å². The van der Waals surface area contributed by atoms with E-state index in [1.54, 1.807) is 4.68 Å². The molecule has 0 bridgehead atoms. The molecule has 2 aromatic heterocycles. The maximum absolute atomic E-state index is 8.93. The molecule has 0 saturated heterocycles. The molecule has 134 valence electrons. The molecule has 3 aromatic rings. The first-order valence-electron chi connectivity index (χ1n) is 9.24. The second-order valence-corrected chi connectivity index (χ2v) is 7.42. The average Bonchev–Trinajstić information content (AvgIpc) is 3.21. The largest absolute Gasteiger partial charge is 0.453 e. The summed E-state index contributed by atoms with van der Waals surface area (Å²) < 4.78 is 10.7. The van der Waals surface area contributed by atoms with Crippen LogP contribution in [0, 0.1) is 23.0 Å². The molecular formula is C20H22N4OS. The Labute approximate surface area is 157 Å². The highest BCUT2D eigenvalue weighted by Crippen LogP contribution is 2.34. The third kappa shape index (κ3) is 3.08. The summed E-state index contributed by atoms with van der Waals surface area (Å²) in [6.45, 7) is 2.59. The van der Waals surface area contributed by atoms with E-state index in [-0.39, 0.29) is 0 Å². The monoisotopic (exact) mass is 366 g/mol. The number of rotatable bonds is 4. The quantitative estimate of drug-likeness (QED) is 0.568. The van der Waals surface area contributed by atoms with Gasteiger partial charge in [0.15, 0.2) is 16.4 Å². The predicted octanol–water partition coefficient (Wildman–Crippen LogP) is 5.55. The number of hydrogen-bond donors (Lipinski definition) is 0. The van der Waals surface area contributed by atoms with Crippen LogP contribution in [0.2, 0.25) is 0 Å². The first-order chi connectivity index (χ1) is 12.7. The number of hydrogen-bond acceptors (Lipinski definition) is 4. The van der Waals surface area contributed by atoms with Gasteiger partial charge < -0.3 is 4.42 Å². The van der Waals surface area contributed by atoms with Crippen molar-refractivity contribution in [1.82, 2.24) is 14.3 Å². The minimum atomic E-state index is 0.358. The normalized spacial score (nSPS) is 15.4. The Morgan fingerprint density at radius 3 is 2.85 bits per heavy atom. The minimum absolute atomic E-state index is 0.358. The van der Waals surface area contributed by atoms with Crippen molar-refractivity contribution in [3.05, 3.63) is 34.6 Å². The molecule has 26 heavy (non-hydrogen) atoms. The van der Waals surface area contributed by atoms with Crippen LogP contribution in [0.15, 0.2) is 28.7 Å². The highest BCUT2D eigenvalue weighted by Gasteiger charge is 2.24. The van der Waals surface area contributed by atoms with E-state index in [4.69, 9.17) is 27.0 Å². The van der Waals surface area contributed by atoms with Gasteiger partial charge in [-0.05, 0) is 50.2 Å². The molecule has 4 rings (SSSR count). The van der Waals surface area contributed by atoms with Crippen molar-refractivity contribution in [2.75, 3.05) is 0 Å². The smallest absolute Gasteiger partial charge is 0.198 e. The molecule has 1 aliphatic carbocycles. The summed E-state index contributed by atoms with van der Waals surface area (Å²) in [5, 5.41) is 14.7. The van der Waals surface area contributed by atoms with E-state index >= 15 is 0 Å². The Bertz CT molecular complexity index is 1030. The van der Waals surface area contributed by atoms with Crippen LogP contribution in [0.3, 0.4) is 0 Å². The van der Waals surface area contributed by atoms with Crippen LogP contribution in [0.25, 0.3) is 22.6 Å². The fraction of sp³-hybridized carbons (Fsp3) is 0.450. The Morgan fingerprint density at radius 1 is 1.27 bits per heavy atom. The second kappa shape index (κ2) is 7.08. The first kappa shape index (κ1) is 17.0. The Balaban J connectivity index is 1.84. The Kier molecular flexibility index (Phi) is 4.64. The molecule has 0 atom stereocenters. The maximum Gasteiger partial charge on any atom is 0.198 e. The van der Waals surface area contributed by atoms with Crippen LogP contribution in [0.5, 0.6) is 0 Å². The van der Waals surface area contributed by atoms with Crippen molar-refractivity contribution in [2.45, 2.75) is 58.0 Å². The van der Waals surface area contributed by atoms with E-state index in [1.807, 2.05) is 12.1 Å². The lowest BCUT2D eigenvalue weighted by molar-refractivity contribution is 0.349. The summed E-state index contributed by atoms with van der Waals surface area (Å²) >= 11 is 5.72. The summed E-state index contributed by atoms with van der Waals surface area (Å²) in [4.78, 5) is 0. The van der Waals surface area contributed by atoms with Crippen LogP contribution in [-0.4, -0.2) is 14.3 Å². The zero-order chi connectivity index (χ0) is 18.1. The molecule has 0 aliphatic heterocycles. The minimum Gasteiger partial charge on any atom is -0.453 e. The third-order valence-electron chi connectivity index (χ3n) is 5.14. The van der Waals surface area contributed by atoms with Gasteiger partial charge in [0.05, 0.1) is 19.0 Å². The van der Waals surface area contributed by atoms with Gasteiger partial charge in [-0.1, -0.05) is 30.9 Å². The number of nitrogens with zero attached hydrogens (tertiary/aromatic N) is 4. The van der Waals surface area contributed by atoms with Crippen LogP contribution < -0.4 is 0 Å². The fourth-order valence-corrected chi connectivity index (χ4v) is 4.20. The molecule has 1 aliphatic rings. The van der Waals surface area contributed by atoms with E-state index in [2.05, 4.69) is 29.7 Å². The van der Waals surface area contributed by atoms with Gasteiger partial charge in [-0.3, -0.25) is 4.57 Å². The topological polar surface area (TPSA) is 59.7 Å². The van der Waals surface area contributed by atoms with E-state index in [1.165, 1.54) is 24.8 Å². The maximum atomic E-state index is 8.93. The Morgan fingerprint density at radius 2 is 2.08 bits per heavy atom. The molecule has 0 N–H and O–H groups in total. The molecule has 1 fully saturated rings. The van der Waals surface area contributed by atoms with Gasteiger partial charge in [-0.2, -0.15) is 5.26 Å². The van der Waals surface area contributed by atoms with Gasteiger partial charge in [-0.15, -0.1) is 5.10 Å². The van der Waals surface area contributed by atoms with Gasteiger partial charge in [0.1, 0.15) is 5.58 Å². The molecule has 6 heteroatoms. The molecular weight excluding hydrogens is 344 g/mol. The molecule has 0 unspecified atom stereocenters. The van der Waals surface area contributed by atoms with Crippen molar-refractivity contribution in [1.29, 1.82) is 5.26 Å². The molecule has 1 saturated carbocycles. The number of benzene rings is 1. The molecule has 2 heterocycles. The fourth-order valence-electron chi connectivity index (χ4n) is 3.83. The van der Waals surface area contributed by atoms with E-state index in [0.29, 0.717) is 23.8 Å². The van der Waals surface area contributed by atoms with Crippen LogP contribution >= 0.6 is 12.2 Å². The number of aryl methyl sites for hydroxylation is 2. The van der Waals surface area contributed by atoms with Gasteiger partial charge in [0, 0.05) is 11.4 Å². The first-order valence-corrected chi connectivity index (χ1v) is 9.65. The lowest BCUT2D eigenvalue weighted by Crippen LogP contribution is -2.14. The number of nitriles is 1. The van der Waals surface area contributed by atoms with Crippen molar-refractivity contribution in [2.24, 2.45) is 0 Å². The summed E-state index contributed by atoms with van der Waals surface area (Å²) in [5.41, 5.74) is 2.06. The SMILES string of the molecule is Cc1ccc2oc(-c3nn(CCC#N)c(=S)n3C3CCCCC3)cc2c1. The van der Waals surface area contributed by atoms with Crippen molar-refractivity contribution in [3.8, 4) is 17.7 Å². The average molecular weight is 366 g/mol. The zero-order valence-corrected chi connectivity index (χ0v) is 15.8. The van der Waals surface area contributed by atoms with Crippen molar-refractivity contribution >= 4 is 23.2 Å². The summed E-state index contributed by atoms with van der Waals surface area (Å²) in [6, 6.07) is 10.8. The summed E-state index contributed by atoms with van der Waals surface area (Å²) in [5.74, 6) is 1.53. The summed E-state index contributed by atoms with van der Waals surface area (Å²) in [7, 11) is 0. The molecule has 0 amide bonds. The summed E-state index contributed by atoms with van der Waals surface area (Å²) in [6.07, 6.45) is 6.35. The van der Waals surface area contributed by atoms with Crippen LogP contribution in [-0.2, 0) is 6.54 Å². The van der Waals surface area contributed by atoms with E-state index in [0.717, 1.165) is 35.4 Å². The zero-order valence-electron chi connectivity index (χ0n) is 14.9. The molecule has 5 nitrogen and oxygen atoms in total. The van der Waals surface area contributed by atoms with Crippen molar-refractivity contribution < 1.29 is 4.42 Å². The van der Waals surface area contributed by atoms with Gasteiger partial charge >= 0.3 is 0 Å². The lowest BCUT2D eigenvalue weighted by atomic mass is 9.95. The van der Waals surface area contributed by atoms with Gasteiger partial charge in [0.2, 0.25) is 0 Å².